The van der Waals surface area contributed by atoms with E-state index in [-0.39, 0.29) is 10.7 Å². The molecule has 1 amide bonds. The number of hydrogen-bond donors (Lipinski definition) is 1. The van der Waals surface area contributed by atoms with Crippen LogP contribution in [0.3, 0.4) is 0 Å². The van der Waals surface area contributed by atoms with Gasteiger partial charge in [0.1, 0.15) is 11.5 Å². The Bertz CT molecular complexity index is 637. The van der Waals surface area contributed by atoms with Crippen LogP contribution in [0.15, 0.2) is 28.7 Å². The van der Waals surface area contributed by atoms with Crippen molar-refractivity contribution in [1.82, 2.24) is 0 Å². The van der Waals surface area contributed by atoms with Crippen LogP contribution < -0.4 is 5.06 Å². The second kappa shape index (κ2) is 5.25. The van der Waals surface area contributed by atoms with Crippen molar-refractivity contribution in [2.45, 2.75) is 13.8 Å². The first kappa shape index (κ1) is 13.9. The van der Waals surface area contributed by atoms with Crippen LogP contribution >= 0.6 is 23.2 Å². The molecule has 0 unspecified atom stereocenters. The lowest BCUT2D eigenvalue weighted by molar-refractivity contribution is 0.0853. The summed E-state index contributed by atoms with van der Waals surface area (Å²) in [5.41, 5.74) is 0.531. The number of aryl methyl sites for hydroxylation is 2. The Balaban J connectivity index is 2.33. The molecule has 1 N–H and O–H groups in total. The van der Waals surface area contributed by atoms with Crippen LogP contribution in [0.2, 0.25) is 10.0 Å². The van der Waals surface area contributed by atoms with Gasteiger partial charge < -0.3 is 4.42 Å². The molecule has 0 radical (unpaired) electrons. The van der Waals surface area contributed by atoms with E-state index in [0.717, 1.165) is 0 Å². The van der Waals surface area contributed by atoms with Gasteiger partial charge in [-0.3, -0.25) is 10.0 Å². The molecule has 100 valence electrons. The smallest absolute Gasteiger partial charge is 0.285 e. The van der Waals surface area contributed by atoms with Gasteiger partial charge in [-0.25, -0.2) is 0 Å². The van der Waals surface area contributed by atoms with Crippen molar-refractivity contribution in [2.75, 3.05) is 5.06 Å². The van der Waals surface area contributed by atoms with E-state index in [0.29, 0.717) is 27.2 Å². The maximum absolute atomic E-state index is 12.1. The third kappa shape index (κ3) is 2.76. The highest BCUT2D eigenvalue weighted by Crippen LogP contribution is 2.28. The van der Waals surface area contributed by atoms with Crippen LogP contribution in [0.5, 0.6) is 0 Å². The summed E-state index contributed by atoms with van der Waals surface area (Å²) in [6.45, 7) is 3.38. The number of amides is 1. The van der Waals surface area contributed by atoms with Crippen molar-refractivity contribution >= 4 is 34.8 Å². The fourth-order valence-corrected chi connectivity index (χ4v) is 1.98. The molecule has 0 atom stereocenters. The highest BCUT2D eigenvalue weighted by atomic mass is 35.5. The van der Waals surface area contributed by atoms with Gasteiger partial charge >= 0.3 is 0 Å². The molecule has 0 bridgehead atoms. The largest absolute Gasteiger partial charge is 0.466 e. The molecule has 2 aromatic rings. The van der Waals surface area contributed by atoms with E-state index in [1.165, 1.54) is 18.2 Å². The minimum Gasteiger partial charge on any atom is -0.466 e. The minimum atomic E-state index is -0.590. The second-order valence-electron chi connectivity index (χ2n) is 4.04. The van der Waals surface area contributed by atoms with Gasteiger partial charge in [-0.2, -0.15) is 5.06 Å². The van der Waals surface area contributed by atoms with Gasteiger partial charge in [-0.15, -0.1) is 0 Å². The van der Waals surface area contributed by atoms with E-state index >= 15 is 0 Å². The second-order valence-corrected chi connectivity index (χ2v) is 4.86. The Kier molecular flexibility index (Phi) is 3.85. The fourth-order valence-electron chi connectivity index (χ4n) is 1.69. The Morgan fingerprint density at radius 1 is 1.21 bits per heavy atom. The number of rotatable bonds is 2. The summed E-state index contributed by atoms with van der Waals surface area (Å²) in [4.78, 5) is 12.1. The van der Waals surface area contributed by atoms with Gasteiger partial charge in [-0.05, 0) is 38.1 Å². The zero-order valence-corrected chi connectivity index (χ0v) is 11.8. The number of halogens is 2. The molecule has 2 rings (SSSR count). The average molecular weight is 300 g/mol. The van der Waals surface area contributed by atoms with Gasteiger partial charge in [0.25, 0.3) is 5.91 Å². The van der Waals surface area contributed by atoms with Crippen LogP contribution in [0.4, 0.5) is 5.69 Å². The van der Waals surface area contributed by atoms with Crippen molar-refractivity contribution in [3.8, 4) is 0 Å². The molecular formula is C13H11Cl2NO3. The van der Waals surface area contributed by atoms with E-state index in [2.05, 4.69) is 0 Å². The predicted molar refractivity (Wildman–Crippen MR) is 73.2 cm³/mol. The summed E-state index contributed by atoms with van der Waals surface area (Å²) in [6, 6.07) is 5.97. The molecule has 1 aromatic carbocycles. The summed E-state index contributed by atoms with van der Waals surface area (Å²) < 4.78 is 5.26. The Hall–Kier alpha value is -1.49. The summed E-state index contributed by atoms with van der Waals surface area (Å²) in [5, 5.41) is 11.0. The third-order valence-electron chi connectivity index (χ3n) is 2.61. The Morgan fingerprint density at radius 2 is 1.89 bits per heavy atom. The topological polar surface area (TPSA) is 53.7 Å². The zero-order valence-electron chi connectivity index (χ0n) is 10.3. The number of carbonyl (C=O) groups is 1. The molecule has 6 heteroatoms. The van der Waals surface area contributed by atoms with Crippen molar-refractivity contribution in [1.29, 1.82) is 0 Å². The van der Waals surface area contributed by atoms with E-state index in [1.807, 2.05) is 0 Å². The van der Waals surface area contributed by atoms with Crippen molar-refractivity contribution in [3.63, 3.8) is 0 Å². The third-order valence-corrected chi connectivity index (χ3v) is 3.35. The van der Waals surface area contributed by atoms with E-state index < -0.39 is 5.91 Å². The van der Waals surface area contributed by atoms with Crippen molar-refractivity contribution in [2.24, 2.45) is 0 Å². The van der Waals surface area contributed by atoms with Crippen LogP contribution in [-0.4, -0.2) is 11.1 Å². The lowest BCUT2D eigenvalue weighted by atomic mass is 10.2. The lowest BCUT2D eigenvalue weighted by Gasteiger charge is -2.15. The van der Waals surface area contributed by atoms with Crippen molar-refractivity contribution in [3.05, 3.63) is 51.4 Å². The quantitative estimate of drug-likeness (QED) is 0.666. The fraction of sp³-hybridized carbons (Fsp3) is 0.154. The van der Waals surface area contributed by atoms with Gasteiger partial charge in [0.05, 0.1) is 21.3 Å². The summed E-state index contributed by atoms with van der Waals surface area (Å²) in [6.07, 6.45) is 0. The molecule has 0 aliphatic rings. The lowest BCUT2D eigenvalue weighted by Crippen LogP contribution is -2.27. The van der Waals surface area contributed by atoms with Gasteiger partial charge in [0, 0.05) is 0 Å². The molecular weight excluding hydrogens is 289 g/mol. The highest BCUT2D eigenvalue weighted by Gasteiger charge is 2.21. The summed E-state index contributed by atoms with van der Waals surface area (Å²) in [7, 11) is 0. The molecule has 19 heavy (non-hydrogen) atoms. The van der Waals surface area contributed by atoms with Gasteiger partial charge in [-0.1, -0.05) is 23.2 Å². The number of hydrogen-bond acceptors (Lipinski definition) is 3. The predicted octanol–water partition coefficient (Wildman–Crippen LogP) is 4.24. The monoisotopic (exact) mass is 299 g/mol. The van der Waals surface area contributed by atoms with E-state index in [1.54, 1.807) is 19.9 Å². The van der Waals surface area contributed by atoms with Gasteiger partial charge in [0.15, 0.2) is 0 Å². The number of benzene rings is 1. The number of hydroxylamine groups is 1. The molecule has 1 heterocycles. The molecule has 1 aromatic heterocycles. The maximum Gasteiger partial charge on any atom is 0.285 e. The maximum atomic E-state index is 12.1. The summed E-state index contributed by atoms with van der Waals surface area (Å²) in [5.74, 6) is 0.456. The average Bonchev–Trinajstić information content (AvgIpc) is 2.70. The number of nitrogens with zero attached hydrogens (tertiary/aromatic N) is 1. The first-order valence-electron chi connectivity index (χ1n) is 5.45. The molecule has 0 aliphatic heterocycles. The SMILES string of the molecule is Cc1cc(C(=O)N(O)c2ccc(Cl)c(Cl)c2)c(C)o1. The first-order valence-corrected chi connectivity index (χ1v) is 6.21. The molecule has 0 spiro atoms. The van der Waals surface area contributed by atoms with Gasteiger partial charge in [0.2, 0.25) is 0 Å². The molecule has 0 fully saturated rings. The standard InChI is InChI=1S/C13H11Cl2NO3/c1-7-5-10(8(2)19-7)13(17)16(18)9-3-4-11(14)12(15)6-9/h3-6,18H,1-2H3. The Morgan fingerprint density at radius 3 is 2.42 bits per heavy atom. The van der Waals surface area contributed by atoms with Crippen LogP contribution in [0, 0.1) is 13.8 Å². The van der Waals surface area contributed by atoms with Crippen LogP contribution in [0.25, 0.3) is 0 Å². The molecule has 0 saturated carbocycles. The number of anilines is 1. The molecule has 4 nitrogen and oxygen atoms in total. The minimum absolute atomic E-state index is 0.234. The highest BCUT2D eigenvalue weighted by molar-refractivity contribution is 6.42. The van der Waals surface area contributed by atoms with Crippen LogP contribution in [0.1, 0.15) is 21.9 Å². The van der Waals surface area contributed by atoms with Crippen LogP contribution in [-0.2, 0) is 0 Å². The normalized spacial score (nSPS) is 10.6. The molecule has 0 saturated heterocycles. The summed E-state index contributed by atoms with van der Waals surface area (Å²) >= 11 is 11.6. The zero-order chi connectivity index (χ0) is 14.2. The Labute approximate surface area is 120 Å². The van der Waals surface area contributed by atoms with E-state index in [4.69, 9.17) is 27.6 Å². The first-order chi connectivity index (χ1) is 8.90. The van der Waals surface area contributed by atoms with Crippen molar-refractivity contribution < 1.29 is 14.4 Å². The number of carbonyl (C=O) groups excluding carboxylic acids is 1. The van der Waals surface area contributed by atoms with E-state index in [9.17, 15) is 10.0 Å². The molecule has 0 aliphatic carbocycles. The number of furan rings is 1.